The van der Waals surface area contributed by atoms with E-state index in [-0.39, 0.29) is 11.9 Å². The van der Waals surface area contributed by atoms with Gasteiger partial charge in [-0.2, -0.15) is 4.98 Å². The maximum absolute atomic E-state index is 9.75. The lowest BCUT2D eigenvalue weighted by atomic mass is 10.1. The molecule has 1 aromatic heterocycles. The minimum Gasteiger partial charge on any atom is -0.508 e. The third kappa shape index (κ3) is 2.41. The summed E-state index contributed by atoms with van der Waals surface area (Å²) in [6, 6.07) is 5.27. The fourth-order valence-electron chi connectivity index (χ4n) is 2.31. The van der Waals surface area contributed by atoms with Gasteiger partial charge >= 0.3 is 0 Å². The summed E-state index contributed by atoms with van der Waals surface area (Å²) in [7, 11) is 0. The normalized spacial score (nSPS) is 16.3. The largest absolute Gasteiger partial charge is 0.508 e. The molecule has 1 fully saturated rings. The second-order valence-corrected chi connectivity index (χ2v) is 5.12. The third-order valence-electron chi connectivity index (χ3n) is 3.63. The Balaban J connectivity index is 1.91. The third-order valence-corrected chi connectivity index (χ3v) is 3.63. The van der Waals surface area contributed by atoms with E-state index in [1.807, 2.05) is 19.9 Å². The molecular weight excluding hydrogens is 256 g/mol. The number of nitrogens with zero attached hydrogens (tertiary/aromatic N) is 2. The van der Waals surface area contributed by atoms with E-state index in [9.17, 15) is 5.11 Å². The lowest BCUT2D eigenvalue weighted by Gasteiger charge is -2.11. The lowest BCUT2D eigenvalue weighted by Crippen LogP contribution is -2.08. The molecule has 1 atom stereocenters. The topological polar surface area (TPSA) is 68.4 Å². The first-order chi connectivity index (χ1) is 9.70. The van der Waals surface area contributed by atoms with Gasteiger partial charge in [0.1, 0.15) is 11.9 Å². The zero-order chi connectivity index (χ0) is 14.1. The van der Waals surface area contributed by atoms with E-state index in [1.54, 1.807) is 12.1 Å². The van der Waals surface area contributed by atoms with Gasteiger partial charge in [-0.1, -0.05) is 11.2 Å². The number of hydrogen-bond acceptors (Lipinski definition) is 5. The van der Waals surface area contributed by atoms with Crippen molar-refractivity contribution in [3.05, 3.63) is 29.6 Å². The average Bonchev–Trinajstić information content (AvgIpc) is 3.17. The molecule has 5 heteroatoms. The van der Waals surface area contributed by atoms with Gasteiger partial charge in [0, 0.05) is 17.7 Å². The van der Waals surface area contributed by atoms with Crippen molar-refractivity contribution in [3.63, 3.8) is 0 Å². The van der Waals surface area contributed by atoms with Crippen LogP contribution >= 0.6 is 0 Å². The maximum Gasteiger partial charge on any atom is 0.258 e. The van der Waals surface area contributed by atoms with Crippen LogP contribution in [0.5, 0.6) is 5.75 Å². The standard InChI is InChI=1S/C15H18N2O3/c1-3-19-13(10-7-8-10)14-16-15(20-17-14)11-5-4-6-12(18)9(11)2/h4-6,10,13,18H,3,7-8H2,1-2H3. The Kier molecular flexibility index (Phi) is 3.44. The van der Waals surface area contributed by atoms with E-state index in [2.05, 4.69) is 10.1 Å². The van der Waals surface area contributed by atoms with Crippen molar-refractivity contribution in [1.82, 2.24) is 10.1 Å². The zero-order valence-corrected chi connectivity index (χ0v) is 11.7. The van der Waals surface area contributed by atoms with Gasteiger partial charge in [0.05, 0.1) is 0 Å². The molecule has 1 saturated carbocycles. The molecule has 2 aromatic rings. The van der Waals surface area contributed by atoms with Crippen molar-refractivity contribution in [2.45, 2.75) is 32.8 Å². The summed E-state index contributed by atoms with van der Waals surface area (Å²) in [4.78, 5) is 4.45. The Morgan fingerprint density at radius 3 is 2.95 bits per heavy atom. The Bertz CT molecular complexity index is 605. The van der Waals surface area contributed by atoms with Crippen LogP contribution in [0.2, 0.25) is 0 Å². The first-order valence-corrected chi connectivity index (χ1v) is 6.95. The fraction of sp³-hybridized carbons (Fsp3) is 0.467. The van der Waals surface area contributed by atoms with Crippen LogP contribution in [0.25, 0.3) is 11.5 Å². The highest BCUT2D eigenvalue weighted by Gasteiger charge is 2.36. The van der Waals surface area contributed by atoms with E-state index in [1.165, 1.54) is 0 Å². The Morgan fingerprint density at radius 1 is 1.45 bits per heavy atom. The van der Waals surface area contributed by atoms with E-state index in [0.29, 0.717) is 24.2 Å². The number of phenolic OH excluding ortho intramolecular Hbond substituents is 1. The summed E-state index contributed by atoms with van der Waals surface area (Å²) in [5.74, 6) is 1.77. The van der Waals surface area contributed by atoms with E-state index < -0.39 is 0 Å². The van der Waals surface area contributed by atoms with Crippen molar-refractivity contribution in [2.75, 3.05) is 6.61 Å². The molecule has 1 aliphatic carbocycles. The number of rotatable bonds is 5. The molecule has 0 amide bonds. The number of phenols is 1. The van der Waals surface area contributed by atoms with Crippen molar-refractivity contribution in [1.29, 1.82) is 0 Å². The average molecular weight is 274 g/mol. The number of hydrogen-bond donors (Lipinski definition) is 1. The second kappa shape index (κ2) is 5.25. The molecule has 106 valence electrons. The SMILES string of the molecule is CCOC(c1noc(-c2cccc(O)c2C)n1)C1CC1. The van der Waals surface area contributed by atoms with Crippen LogP contribution < -0.4 is 0 Å². The maximum atomic E-state index is 9.75. The Morgan fingerprint density at radius 2 is 2.25 bits per heavy atom. The van der Waals surface area contributed by atoms with Crippen molar-refractivity contribution >= 4 is 0 Å². The van der Waals surface area contributed by atoms with Gasteiger partial charge in [0.25, 0.3) is 5.89 Å². The molecule has 0 saturated heterocycles. The minimum absolute atomic E-state index is 0.0740. The molecule has 5 nitrogen and oxygen atoms in total. The van der Waals surface area contributed by atoms with Crippen LogP contribution in [0, 0.1) is 12.8 Å². The summed E-state index contributed by atoms with van der Waals surface area (Å²) in [5.41, 5.74) is 1.50. The van der Waals surface area contributed by atoms with E-state index in [0.717, 1.165) is 24.0 Å². The quantitative estimate of drug-likeness (QED) is 0.906. The van der Waals surface area contributed by atoms with Crippen LogP contribution in [0.3, 0.4) is 0 Å². The van der Waals surface area contributed by atoms with Gasteiger partial charge in [-0.3, -0.25) is 0 Å². The predicted octanol–water partition coefficient (Wildman–Crippen LogP) is 3.24. The summed E-state index contributed by atoms with van der Waals surface area (Å²) in [6.45, 7) is 4.43. The first kappa shape index (κ1) is 13.1. The van der Waals surface area contributed by atoms with Gasteiger partial charge in [0.15, 0.2) is 0 Å². The molecule has 0 aliphatic heterocycles. The molecule has 1 unspecified atom stereocenters. The molecule has 1 aromatic carbocycles. The van der Waals surface area contributed by atoms with Crippen LogP contribution in [-0.4, -0.2) is 21.9 Å². The number of ether oxygens (including phenoxy) is 1. The van der Waals surface area contributed by atoms with Crippen molar-refractivity contribution in [2.24, 2.45) is 5.92 Å². The molecule has 0 bridgehead atoms. The molecule has 1 aliphatic rings. The second-order valence-electron chi connectivity index (χ2n) is 5.12. The van der Waals surface area contributed by atoms with Crippen molar-refractivity contribution < 1.29 is 14.4 Å². The van der Waals surface area contributed by atoms with Crippen molar-refractivity contribution in [3.8, 4) is 17.2 Å². The highest BCUT2D eigenvalue weighted by molar-refractivity contribution is 5.61. The van der Waals surface area contributed by atoms with E-state index in [4.69, 9.17) is 9.26 Å². The van der Waals surface area contributed by atoms with Gasteiger partial charge in [-0.25, -0.2) is 0 Å². The van der Waals surface area contributed by atoms with Gasteiger partial charge in [-0.05, 0) is 44.7 Å². The highest BCUT2D eigenvalue weighted by atomic mass is 16.5. The smallest absolute Gasteiger partial charge is 0.258 e. The molecule has 20 heavy (non-hydrogen) atoms. The predicted molar refractivity (Wildman–Crippen MR) is 73.2 cm³/mol. The van der Waals surface area contributed by atoms with Crippen LogP contribution in [-0.2, 0) is 4.74 Å². The Labute approximate surface area is 117 Å². The summed E-state index contributed by atoms with van der Waals surface area (Å²) in [5, 5.41) is 13.8. The summed E-state index contributed by atoms with van der Waals surface area (Å²) < 4.78 is 11.1. The molecular formula is C15H18N2O3. The zero-order valence-electron chi connectivity index (χ0n) is 11.7. The number of aromatic hydroxyl groups is 1. The number of aromatic nitrogens is 2. The van der Waals surface area contributed by atoms with E-state index >= 15 is 0 Å². The highest BCUT2D eigenvalue weighted by Crippen LogP contribution is 2.42. The Hall–Kier alpha value is -1.88. The minimum atomic E-state index is -0.0740. The number of benzene rings is 1. The van der Waals surface area contributed by atoms with Crippen LogP contribution in [0.15, 0.2) is 22.7 Å². The monoisotopic (exact) mass is 274 g/mol. The van der Waals surface area contributed by atoms with Crippen LogP contribution in [0.1, 0.15) is 37.3 Å². The molecule has 3 rings (SSSR count). The lowest BCUT2D eigenvalue weighted by molar-refractivity contribution is 0.0385. The molecule has 0 spiro atoms. The van der Waals surface area contributed by atoms with Gasteiger partial charge < -0.3 is 14.4 Å². The fourth-order valence-corrected chi connectivity index (χ4v) is 2.31. The van der Waals surface area contributed by atoms with Crippen LogP contribution in [0.4, 0.5) is 0 Å². The van der Waals surface area contributed by atoms with Gasteiger partial charge in [-0.15, -0.1) is 0 Å². The summed E-state index contributed by atoms with van der Waals surface area (Å²) >= 11 is 0. The molecule has 1 heterocycles. The van der Waals surface area contributed by atoms with Gasteiger partial charge in [0.2, 0.25) is 5.82 Å². The molecule has 1 N–H and O–H groups in total. The molecule has 0 radical (unpaired) electrons. The first-order valence-electron chi connectivity index (χ1n) is 6.95. The summed E-state index contributed by atoms with van der Waals surface area (Å²) in [6.07, 6.45) is 2.23.